The SMILES string of the molecule is COc1ccc(NC(C)=O)cc1NCc1cn2ccccc2n1. The number of nitrogens with zero attached hydrogens (tertiary/aromatic N) is 2. The molecule has 0 saturated carbocycles. The number of fused-ring (bicyclic) bond motifs is 1. The zero-order valence-corrected chi connectivity index (χ0v) is 13.0. The number of ether oxygens (including phenoxy) is 1. The third kappa shape index (κ3) is 3.42. The van der Waals surface area contributed by atoms with Crippen LogP contribution < -0.4 is 15.4 Å². The van der Waals surface area contributed by atoms with Gasteiger partial charge in [-0.05, 0) is 30.3 Å². The standard InChI is InChI=1S/C17H18N4O2/c1-12(22)19-13-6-7-16(23-2)15(9-13)18-10-14-11-21-8-4-3-5-17(21)20-14/h3-9,11,18H,10H2,1-2H3,(H,19,22). The number of benzene rings is 1. The van der Waals surface area contributed by atoms with Gasteiger partial charge in [-0.3, -0.25) is 4.79 Å². The molecular formula is C17H18N4O2. The Morgan fingerprint density at radius 2 is 2.17 bits per heavy atom. The largest absolute Gasteiger partial charge is 0.495 e. The van der Waals surface area contributed by atoms with Crippen LogP contribution in [0.25, 0.3) is 5.65 Å². The van der Waals surface area contributed by atoms with Gasteiger partial charge < -0.3 is 19.8 Å². The smallest absolute Gasteiger partial charge is 0.221 e. The molecule has 0 fully saturated rings. The van der Waals surface area contributed by atoms with E-state index in [0.717, 1.165) is 22.7 Å². The lowest BCUT2D eigenvalue weighted by molar-refractivity contribution is -0.114. The number of nitrogens with one attached hydrogen (secondary N) is 2. The topological polar surface area (TPSA) is 67.7 Å². The first kappa shape index (κ1) is 14.9. The maximum atomic E-state index is 11.2. The molecule has 0 spiro atoms. The second kappa shape index (κ2) is 6.39. The van der Waals surface area contributed by atoms with Gasteiger partial charge in [-0.1, -0.05) is 6.07 Å². The fourth-order valence-corrected chi connectivity index (χ4v) is 2.39. The fraction of sp³-hybridized carbons (Fsp3) is 0.176. The van der Waals surface area contributed by atoms with Crippen molar-refractivity contribution in [1.82, 2.24) is 9.38 Å². The molecule has 6 nitrogen and oxygen atoms in total. The number of amides is 1. The zero-order chi connectivity index (χ0) is 16.2. The zero-order valence-electron chi connectivity index (χ0n) is 13.0. The van der Waals surface area contributed by atoms with Crippen LogP contribution in [0.4, 0.5) is 11.4 Å². The molecule has 0 aliphatic heterocycles. The summed E-state index contributed by atoms with van der Waals surface area (Å²) in [7, 11) is 1.61. The Bertz CT molecular complexity index is 808. The van der Waals surface area contributed by atoms with Gasteiger partial charge in [0.15, 0.2) is 0 Å². The van der Waals surface area contributed by atoms with Gasteiger partial charge in [0, 0.05) is 25.0 Å². The van der Waals surface area contributed by atoms with Crippen molar-refractivity contribution in [3.05, 3.63) is 54.5 Å². The second-order valence-electron chi connectivity index (χ2n) is 5.15. The van der Waals surface area contributed by atoms with Crippen LogP contribution in [-0.2, 0) is 11.3 Å². The van der Waals surface area contributed by atoms with Crippen LogP contribution in [0.2, 0.25) is 0 Å². The molecule has 0 radical (unpaired) electrons. The van der Waals surface area contributed by atoms with E-state index in [1.165, 1.54) is 6.92 Å². The maximum absolute atomic E-state index is 11.2. The lowest BCUT2D eigenvalue weighted by atomic mass is 10.2. The van der Waals surface area contributed by atoms with Gasteiger partial charge in [0.25, 0.3) is 0 Å². The third-order valence-electron chi connectivity index (χ3n) is 3.39. The Hall–Kier alpha value is -3.02. The van der Waals surface area contributed by atoms with Gasteiger partial charge in [-0.2, -0.15) is 0 Å². The van der Waals surface area contributed by atoms with E-state index >= 15 is 0 Å². The molecule has 0 aliphatic rings. The van der Waals surface area contributed by atoms with Gasteiger partial charge in [-0.25, -0.2) is 4.98 Å². The third-order valence-corrected chi connectivity index (χ3v) is 3.39. The summed E-state index contributed by atoms with van der Waals surface area (Å²) in [4.78, 5) is 15.7. The van der Waals surface area contributed by atoms with E-state index in [1.807, 2.05) is 47.1 Å². The highest BCUT2D eigenvalue weighted by atomic mass is 16.5. The lowest BCUT2D eigenvalue weighted by Gasteiger charge is -2.12. The van der Waals surface area contributed by atoms with Crippen molar-refractivity contribution in [1.29, 1.82) is 0 Å². The quantitative estimate of drug-likeness (QED) is 0.760. The van der Waals surface area contributed by atoms with Gasteiger partial charge >= 0.3 is 0 Å². The summed E-state index contributed by atoms with van der Waals surface area (Å²) in [5, 5.41) is 6.06. The number of carbonyl (C=O) groups is 1. The molecule has 0 saturated heterocycles. The van der Waals surface area contributed by atoms with Crippen LogP contribution in [0, 0.1) is 0 Å². The number of hydrogen-bond acceptors (Lipinski definition) is 4. The van der Waals surface area contributed by atoms with Crippen LogP contribution in [-0.4, -0.2) is 22.4 Å². The molecular weight excluding hydrogens is 292 g/mol. The highest BCUT2D eigenvalue weighted by Gasteiger charge is 2.07. The second-order valence-corrected chi connectivity index (χ2v) is 5.15. The van der Waals surface area contributed by atoms with E-state index in [2.05, 4.69) is 15.6 Å². The summed E-state index contributed by atoms with van der Waals surface area (Å²) in [5.41, 5.74) is 3.35. The number of pyridine rings is 1. The summed E-state index contributed by atoms with van der Waals surface area (Å²) >= 11 is 0. The maximum Gasteiger partial charge on any atom is 0.221 e. The number of methoxy groups -OCH3 is 1. The molecule has 2 aromatic heterocycles. The molecule has 3 rings (SSSR count). The number of rotatable bonds is 5. The van der Waals surface area contributed by atoms with E-state index in [4.69, 9.17) is 4.74 Å². The summed E-state index contributed by atoms with van der Waals surface area (Å²) in [5.74, 6) is 0.601. The molecule has 0 unspecified atom stereocenters. The molecule has 0 bridgehead atoms. The normalized spacial score (nSPS) is 10.5. The van der Waals surface area contributed by atoms with Crippen molar-refractivity contribution >= 4 is 22.9 Å². The molecule has 23 heavy (non-hydrogen) atoms. The molecule has 1 amide bonds. The summed E-state index contributed by atoms with van der Waals surface area (Å²) in [6.07, 6.45) is 3.94. The summed E-state index contributed by atoms with van der Waals surface area (Å²) in [6.45, 7) is 2.04. The minimum absolute atomic E-state index is 0.110. The van der Waals surface area contributed by atoms with E-state index in [0.29, 0.717) is 12.3 Å². The van der Waals surface area contributed by atoms with Crippen molar-refractivity contribution in [3.63, 3.8) is 0 Å². The van der Waals surface area contributed by atoms with Crippen LogP contribution >= 0.6 is 0 Å². The van der Waals surface area contributed by atoms with Crippen molar-refractivity contribution in [2.24, 2.45) is 0 Å². The number of hydrogen-bond donors (Lipinski definition) is 2. The monoisotopic (exact) mass is 310 g/mol. The van der Waals surface area contributed by atoms with Crippen molar-refractivity contribution in [3.8, 4) is 5.75 Å². The molecule has 6 heteroatoms. The minimum Gasteiger partial charge on any atom is -0.495 e. The van der Waals surface area contributed by atoms with Crippen molar-refractivity contribution in [2.75, 3.05) is 17.7 Å². The Morgan fingerprint density at radius 1 is 1.30 bits per heavy atom. The number of aromatic nitrogens is 2. The Balaban J connectivity index is 1.79. The Labute approximate surface area is 134 Å². The van der Waals surface area contributed by atoms with Crippen LogP contribution in [0.5, 0.6) is 5.75 Å². The Morgan fingerprint density at radius 3 is 2.91 bits per heavy atom. The predicted molar refractivity (Wildman–Crippen MR) is 89.8 cm³/mol. The average molecular weight is 310 g/mol. The molecule has 0 atom stereocenters. The summed E-state index contributed by atoms with van der Waals surface area (Å²) in [6, 6.07) is 11.3. The Kier molecular flexibility index (Phi) is 4.14. The lowest BCUT2D eigenvalue weighted by Crippen LogP contribution is -2.07. The predicted octanol–water partition coefficient (Wildman–Crippen LogP) is 2.91. The summed E-state index contributed by atoms with van der Waals surface area (Å²) < 4.78 is 7.33. The highest BCUT2D eigenvalue weighted by Crippen LogP contribution is 2.28. The van der Waals surface area contributed by atoms with Gasteiger partial charge in [-0.15, -0.1) is 0 Å². The molecule has 3 aromatic rings. The first-order chi connectivity index (χ1) is 11.2. The molecule has 2 N–H and O–H groups in total. The van der Waals surface area contributed by atoms with Crippen molar-refractivity contribution < 1.29 is 9.53 Å². The first-order valence-corrected chi connectivity index (χ1v) is 7.28. The molecule has 0 aliphatic carbocycles. The van der Waals surface area contributed by atoms with E-state index in [1.54, 1.807) is 13.2 Å². The molecule has 1 aromatic carbocycles. The van der Waals surface area contributed by atoms with Crippen LogP contribution in [0.3, 0.4) is 0 Å². The van der Waals surface area contributed by atoms with E-state index in [-0.39, 0.29) is 5.91 Å². The van der Waals surface area contributed by atoms with E-state index < -0.39 is 0 Å². The van der Waals surface area contributed by atoms with Crippen molar-refractivity contribution in [2.45, 2.75) is 13.5 Å². The van der Waals surface area contributed by atoms with Crippen LogP contribution in [0.1, 0.15) is 12.6 Å². The first-order valence-electron chi connectivity index (χ1n) is 7.28. The highest BCUT2D eigenvalue weighted by molar-refractivity contribution is 5.89. The molecule has 118 valence electrons. The van der Waals surface area contributed by atoms with Crippen LogP contribution in [0.15, 0.2) is 48.8 Å². The molecule has 2 heterocycles. The number of anilines is 2. The number of carbonyl (C=O) groups excluding carboxylic acids is 1. The van der Waals surface area contributed by atoms with Gasteiger partial charge in [0.2, 0.25) is 5.91 Å². The minimum atomic E-state index is -0.110. The van der Waals surface area contributed by atoms with Gasteiger partial charge in [0.05, 0.1) is 25.0 Å². The average Bonchev–Trinajstić information content (AvgIpc) is 2.95. The van der Waals surface area contributed by atoms with Gasteiger partial charge in [0.1, 0.15) is 11.4 Å². The number of imidazole rings is 1. The van der Waals surface area contributed by atoms with E-state index in [9.17, 15) is 4.79 Å². The fourth-order valence-electron chi connectivity index (χ4n) is 2.39.